The number of piperazine rings is 1. The molecule has 108 valence electrons. The molecule has 3 aliphatic rings. The van der Waals surface area contributed by atoms with Gasteiger partial charge in [0.2, 0.25) is 5.91 Å². The number of carbonyl (C=O) groups is 1. The number of hydrogen-bond donors (Lipinski definition) is 2. The molecule has 1 amide bonds. The third-order valence-electron chi connectivity index (χ3n) is 5.71. The van der Waals surface area contributed by atoms with Crippen LogP contribution in [0.3, 0.4) is 0 Å². The second kappa shape index (κ2) is 5.41. The van der Waals surface area contributed by atoms with E-state index in [-0.39, 0.29) is 11.9 Å². The van der Waals surface area contributed by atoms with Crippen LogP contribution < -0.4 is 10.6 Å². The summed E-state index contributed by atoms with van der Waals surface area (Å²) in [4.78, 5) is 14.6. The molecule has 1 aliphatic heterocycles. The highest BCUT2D eigenvalue weighted by Crippen LogP contribution is 2.54. The van der Waals surface area contributed by atoms with E-state index in [0.717, 1.165) is 19.6 Å². The zero-order chi connectivity index (χ0) is 13.3. The van der Waals surface area contributed by atoms with E-state index >= 15 is 0 Å². The van der Waals surface area contributed by atoms with E-state index in [0.29, 0.717) is 11.5 Å². The molecule has 4 nitrogen and oxygen atoms in total. The molecule has 0 aromatic carbocycles. The predicted molar refractivity (Wildman–Crippen MR) is 76.0 cm³/mol. The van der Waals surface area contributed by atoms with Crippen LogP contribution in [0.1, 0.15) is 44.9 Å². The van der Waals surface area contributed by atoms with Crippen molar-refractivity contribution in [3.8, 4) is 0 Å². The Hall–Kier alpha value is -0.610. The fraction of sp³-hybridized carbons (Fsp3) is 0.933. The van der Waals surface area contributed by atoms with E-state index in [1.54, 1.807) is 7.05 Å². The Morgan fingerprint density at radius 1 is 1.26 bits per heavy atom. The van der Waals surface area contributed by atoms with Crippen LogP contribution in [0.4, 0.5) is 0 Å². The molecule has 3 rings (SSSR count). The third-order valence-corrected chi connectivity index (χ3v) is 5.71. The first kappa shape index (κ1) is 13.4. The van der Waals surface area contributed by atoms with E-state index in [1.807, 2.05) is 0 Å². The Kier molecular flexibility index (Phi) is 3.81. The summed E-state index contributed by atoms with van der Waals surface area (Å²) in [6, 6.07) is 0.708. The monoisotopic (exact) mass is 265 g/mol. The fourth-order valence-electron chi connectivity index (χ4n) is 4.54. The zero-order valence-electron chi connectivity index (χ0n) is 12.1. The molecule has 1 saturated heterocycles. The minimum absolute atomic E-state index is 0.0443. The van der Waals surface area contributed by atoms with Gasteiger partial charge in [0.05, 0.1) is 0 Å². The largest absolute Gasteiger partial charge is 0.358 e. The standard InChI is InChI=1S/C15H27N3O/c1-16-14(19)12-11-17-9-10-18(12)13-5-8-15(13)6-3-2-4-7-15/h12-13,17H,2-11H2,1H3,(H,16,19). The fourth-order valence-corrected chi connectivity index (χ4v) is 4.54. The highest BCUT2D eigenvalue weighted by Gasteiger charge is 2.51. The molecule has 4 heteroatoms. The Bertz CT molecular complexity index is 338. The smallest absolute Gasteiger partial charge is 0.238 e. The first-order valence-electron chi connectivity index (χ1n) is 7.95. The Morgan fingerprint density at radius 2 is 2.05 bits per heavy atom. The lowest BCUT2D eigenvalue weighted by atomic mass is 9.56. The van der Waals surface area contributed by atoms with Gasteiger partial charge in [-0.15, -0.1) is 0 Å². The van der Waals surface area contributed by atoms with Gasteiger partial charge in [-0.2, -0.15) is 0 Å². The van der Waals surface area contributed by atoms with Gasteiger partial charge in [0, 0.05) is 32.7 Å². The van der Waals surface area contributed by atoms with Gasteiger partial charge in [-0.3, -0.25) is 9.69 Å². The lowest BCUT2D eigenvalue weighted by Gasteiger charge is -2.58. The Morgan fingerprint density at radius 3 is 2.68 bits per heavy atom. The van der Waals surface area contributed by atoms with Crippen molar-refractivity contribution in [3.05, 3.63) is 0 Å². The third kappa shape index (κ3) is 2.29. The molecular weight excluding hydrogens is 238 g/mol. The topological polar surface area (TPSA) is 44.4 Å². The average Bonchev–Trinajstić information content (AvgIpc) is 2.47. The van der Waals surface area contributed by atoms with Gasteiger partial charge in [-0.1, -0.05) is 19.3 Å². The Labute approximate surface area is 116 Å². The van der Waals surface area contributed by atoms with E-state index in [1.165, 1.54) is 44.9 Å². The number of nitrogens with one attached hydrogen (secondary N) is 2. The molecule has 19 heavy (non-hydrogen) atoms. The molecule has 2 saturated carbocycles. The van der Waals surface area contributed by atoms with E-state index in [2.05, 4.69) is 15.5 Å². The summed E-state index contributed by atoms with van der Waals surface area (Å²) in [6.07, 6.45) is 9.68. The number of rotatable bonds is 2. The molecule has 0 aromatic rings. The van der Waals surface area contributed by atoms with Crippen molar-refractivity contribution < 1.29 is 4.79 Å². The second-order valence-corrected chi connectivity index (χ2v) is 6.55. The average molecular weight is 265 g/mol. The molecule has 0 radical (unpaired) electrons. The van der Waals surface area contributed by atoms with Crippen molar-refractivity contribution in [2.75, 3.05) is 26.7 Å². The van der Waals surface area contributed by atoms with Crippen molar-refractivity contribution in [3.63, 3.8) is 0 Å². The van der Waals surface area contributed by atoms with Crippen LogP contribution in [0.2, 0.25) is 0 Å². The lowest BCUT2D eigenvalue weighted by Crippen LogP contribution is -2.66. The van der Waals surface area contributed by atoms with E-state index in [9.17, 15) is 4.79 Å². The molecule has 3 fully saturated rings. The number of amides is 1. The zero-order valence-corrected chi connectivity index (χ0v) is 12.1. The summed E-state index contributed by atoms with van der Waals surface area (Å²) < 4.78 is 0. The maximum Gasteiger partial charge on any atom is 0.238 e. The predicted octanol–water partition coefficient (Wildman–Crippen LogP) is 1.12. The maximum atomic E-state index is 12.1. The SMILES string of the molecule is CNC(=O)C1CNCCN1C1CCC12CCCCC2. The summed E-state index contributed by atoms with van der Waals surface area (Å²) in [5.41, 5.74) is 0.557. The van der Waals surface area contributed by atoms with Gasteiger partial charge in [0.15, 0.2) is 0 Å². The summed E-state index contributed by atoms with van der Waals surface area (Å²) in [5.74, 6) is 0.185. The van der Waals surface area contributed by atoms with Crippen LogP contribution in [-0.4, -0.2) is 49.6 Å². The van der Waals surface area contributed by atoms with Gasteiger partial charge < -0.3 is 10.6 Å². The molecular formula is C15H27N3O. The van der Waals surface area contributed by atoms with Crippen molar-refractivity contribution in [1.29, 1.82) is 0 Å². The van der Waals surface area contributed by atoms with Gasteiger partial charge >= 0.3 is 0 Å². The molecule has 1 spiro atoms. The maximum absolute atomic E-state index is 12.1. The number of likely N-dealkylation sites (N-methyl/N-ethyl adjacent to an activating group) is 1. The summed E-state index contributed by atoms with van der Waals surface area (Å²) in [5, 5.41) is 6.21. The van der Waals surface area contributed by atoms with E-state index in [4.69, 9.17) is 0 Å². The van der Waals surface area contributed by atoms with Gasteiger partial charge in [-0.25, -0.2) is 0 Å². The van der Waals surface area contributed by atoms with Gasteiger partial charge in [-0.05, 0) is 31.1 Å². The Balaban J connectivity index is 1.73. The van der Waals surface area contributed by atoms with Gasteiger partial charge in [0.25, 0.3) is 0 Å². The van der Waals surface area contributed by atoms with Crippen LogP contribution >= 0.6 is 0 Å². The summed E-state index contributed by atoms with van der Waals surface area (Å²) in [6.45, 7) is 2.87. The molecule has 1 heterocycles. The minimum Gasteiger partial charge on any atom is -0.358 e. The molecule has 2 unspecified atom stereocenters. The second-order valence-electron chi connectivity index (χ2n) is 6.55. The number of hydrogen-bond acceptors (Lipinski definition) is 3. The number of carbonyl (C=O) groups excluding carboxylic acids is 1. The highest BCUT2D eigenvalue weighted by atomic mass is 16.2. The van der Waals surface area contributed by atoms with Crippen LogP contribution in [0.5, 0.6) is 0 Å². The van der Waals surface area contributed by atoms with Crippen LogP contribution in [-0.2, 0) is 4.79 Å². The van der Waals surface area contributed by atoms with Gasteiger partial charge in [0.1, 0.15) is 6.04 Å². The van der Waals surface area contributed by atoms with Crippen molar-refractivity contribution >= 4 is 5.91 Å². The van der Waals surface area contributed by atoms with E-state index < -0.39 is 0 Å². The number of nitrogens with zero attached hydrogens (tertiary/aromatic N) is 1. The summed E-state index contributed by atoms with van der Waals surface area (Å²) >= 11 is 0. The first-order valence-corrected chi connectivity index (χ1v) is 7.95. The normalized spacial score (nSPS) is 34.8. The molecule has 2 aliphatic carbocycles. The molecule has 2 atom stereocenters. The molecule has 0 aromatic heterocycles. The minimum atomic E-state index is 0.0443. The first-order chi connectivity index (χ1) is 9.27. The van der Waals surface area contributed by atoms with Crippen molar-refractivity contribution in [2.45, 2.75) is 57.0 Å². The van der Waals surface area contributed by atoms with Crippen LogP contribution in [0, 0.1) is 5.41 Å². The van der Waals surface area contributed by atoms with Crippen molar-refractivity contribution in [2.24, 2.45) is 5.41 Å². The van der Waals surface area contributed by atoms with Crippen LogP contribution in [0.25, 0.3) is 0 Å². The lowest BCUT2D eigenvalue weighted by molar-refractivity contribution is -0.134. The highest BCUT2D eigenvalue weighted by molar-refractivity contribution is 5.81. The quantitative estimate of drug-likeness (QED) is 0.786. The van der Waals surface area contributed by atoms with Crippen molar-refractivity contribution in [1.82, 2.24) is 15.5 Å². The molecule has 0 bridgehead atoms. The van der Waals surface area contributed by atoms with Crippen LogP contribution in [0.15, 0.2) is 0 Å². The molecule has 2 N–H and O–H groups in total. The summed E-state index contributed by atoms with van der Waals surface area (Å²) in [7, 11) is 1.76.